The number of aromatic nitrogens is 2. The van der Waals surface area contributed by atoms with Gasteiger partial charge in [0.2, 0.25) is 0 Å². The van der Waals surface area contributed by atoms with E-state index in [4.69, 9.17) is 0 Å². The second-order valence-electron chi connectivity index (χ2n) is 4.30. The summed E-state index contributed by atoms with van der Waals surface area (Å²) in [6.07, 6.45) is 4.25. The Hall–Kier alpha value is -0.770. The fourth-order valence-corrected chi connectivity index (χ4v) is 3.05. The summed E-state index contributed by atoms with van der Waals surface area (Å²) in [6, 6.07) is 1.99. The lowest BCUT2D eigenvalue weighted by molar-refractivity contribution is 0.633. The van der Waals surface area contributed by atoms with E-state index in [1.54, 1.807) is 6.33 Å². The van der Waals surface area contributed by atoms with Crippen molar-refractivity contribution < 1.29 is 0 Å². The van der Waals surface area contributed by atoms with Crippen LogP contribution in [0.2, 0.25) is 0 Å². The lowest BCUT2D eigenvalue weighted by Gasteiger charge is -2.23. The summed E-state index contributed by atoms with van der Waals surface area (Å²) in [5, 5.41) is 3.40. The molecule has 2 rings (SSSR count). The maximum atomic E-state index is 4.20. The summed E-state index contributed by atoms with van der Waals surface area (Å²) in [7, 11) is 0. The average Bonchev–Trinajstić information content (AvgIpc) is 2.63. The van der Waals surface area contributed by atoms with Gasteiger partial charge in [-0.3, -0.25) is 0 Å². The lowest BCUT2D eigenvalue weighted by atomic mass is 10.1. The Morgan fingerprint density at radius 2 is 2.40 bits per heavy atom. The standard InChI is InChI=1S/C11H17N3S/c1-9-6-10(14-8-13-9)12-7-11(2)4-3-5-15-11/h6,8H,3-5,7H2,1-2H3,(H,12,13,14). The summed E-state index contributed by atoms with van der Waals surface area (Å²) in [6.45, 7) is 5.30. The van der Waals surface area contributed by atoms with Gasteiger partial charge in [-0.05, 0) is 32.4 Å². The van der Waals surface area contributed by atoms with E-state index in [0.717, 1.165) is 18.1 Å². The molecule has 1 saturated heterocycles. The van der Waals surface area contributed by atoms with Crippen LogP contribution < -0.4 is 5.32 Å². The molecule has 0 bridgehead atoms. The number of hydrogen-bond acceptors (Lipinski definition) is 4. The van der Waals surface area contributed by atoms with E-state index in [0.29, 0.717) is 4.75 Å². The minimum Gasteiger partial charge on any atom is -0.369 e. The second-order valence-corrected chi connectivity index (χ2v) is 5.98. The molecule has 0 spiro atoms. The summed E-state index contributed by atoms with van der Waals surface area (Å²) in [4.78, 5) is 8.28. The molecule has 2 heterocycles. The van der Waals surface area contributed by atoms with Crippen molar-refractivity contribution in [1.29, 1.82) is 0 Å². The Balaban J connectivity index is 1.92. The molecule has 3 nitrogen and oxygen atoms in total. The predicted molar refractivity (Wildman–Crippen MR) is 65.4 cm³/mol. The van der Waals surface area contributed by atoms with Crippen LogP contribution in [0.1, 0.15) is 25.5 Å². The summed E-state index contributed by atoms with van der Waals surface area (Å²) >= 11 is 2.06. The van der Waals surface area contributed by atoms with Gasteiger partial charge in [0.15, 0.2) is 0 Å². The van der Waals surface area contributed by atoms with Gasteiger partial charge in [-0.2, -0.15) is 11.8 Å². The first-order chi connectivity index (χ1) is 7.18. The smallest absolute Gasteiger partial charge is 0.129 e. The number of rotatable bonds is 3. The van der Waals surface area contributed by atoms with Crippen LogP contribution in [0, 0.1) is 6.92 Å². The second kappa shape index (κ2) is 4.39. The van der Waals surface area contributed by atoms with Gasteiger partial charge in [0.1, 0.15) is 12.1 Å². The third-order valence-corrected chi connectivity index (χ3v) is 4.29. The van der Waals surface area contributed by atoms with Crippen LogP contribution in [0.25, 0.3) is 0 Å². The molecular formula is C11H17N3S. The molecule has 0 saturated carbocycles. The monoisotopic (exact) mass is 223 g/mol. The SMILES string of the molecule is Cc1cc(NCC2(C)CCCS2)ncn1. The Labute approximate surface area is 95.1 Å². The van der Waals surface area contributed by atoms with Crippen molar-refractivity contribution in [3.05, 3.63) is 18.1 Å². The predicted octanol–water partition coefficient (Wildman–Crippen LogP) is 2.48. The maximum Gasteiger partial charge on any atom is 0.129 e. The van der Waals surface area contributed by atoms with Gasteiger partial charge in [-0.25, -0.2) is 9.97 Å². The summed E-state index contributed by atoms with van der Waals surface area (Å²) in [5.41, 5.74) is 1.01. The number of hydrogen-bond donors (Lipinski definition) is 1. The lowest BCUT2D eigenvalue weighted by Crippen LogP contribution is -2.27. The first kappa shape index (κ1) is 10.7. The zero-order chi connectivity index (χ0) is 10.7. The van der Waals surface area contributed by atoms with Crippen LogP contribution in [-0.4, -0.2) is 27.0 Å². The van der Waals surface area contributed by atoms with Crippen molar-refractivity contribution in [3.8, 4) is 0 Å². The van der Waals surface area contributed by atoms with Gasteiger partial charge in [-0.15, -0.1) is 0 Å². The Kier molecular flexibility index (Phi) is 3.14. The van der Waals surface area contributed by atoms with Gasteiger partial charge >= 0.3 is 0 Å². The Morgan fingerprint density at radius 1 is 1.53 bits per heavy atom. The highest BCUT2D eigenvalue weighted by molar-refractivity contribution is 8.00. The number of nitrogens with one attached hydrogen (secondary N) is 1. The highest BCUT2D eigenvalue weighted by atomic mass is 32.2. The molecule has 1 N–H and O–H groups in total. The van der Waals surface area contributed by atoms with E-state index >= 15 is 0 Å². The number of nitrogens with zero attached hydrogens (tertiary/aromatic N) is 2. The zero-order valence-corrected chi connectivity index (χ0v) is 10.1. The van der Waals surface area contributed by atoms with Crippen LogP contribution in [0.4, 0.5) is 5.82 Å². The molecule has 4 heteroatoms. The average molecular weight is 223 g/mol. The van der Waals surface area contributed by atoms with E-state index < -0.39 is 0 Å². The van der Waals surface area contributed by atoms with Gasteiger partial charge in [0, 0.05) is 23.1 Å². The van der Waals surface area contributed by atoms with E-state index in [2.05, 4.69) is 34.0 Å². The molecule has 0 aliphatic carbocycles. The Morgan fingerprint density at radius 3 is 3.07 bits per heavy atom. The maximum absolute atomic E-state index is 4.20. The van der Waals surface area contributed by atoms with Crippen molar-refractivity contribution in [2.24, 2.45) is 0 Å². The number of anilines is 1. The number of aryl methyl sites for hydroxylation is 1. The molecule has 0 radical (unpaired) electrons. The van der Waals surface area contributed by atoms with Gasteiger partial charge in [0.05, 0.1) is 0 Å². The van der Waals surface area contributed by atoms with Gasteiger partial charge in [0.25, 0.3) is 0 Å². The van der Waals surface area contributed by atoms with Crippen LogP contribution in [-0.2, 0) is 0 Å². The van der Waals surface area contributed by atoms with Crippen molar-refractivity contribution in [1.82, 2.24) is 9.97 Å². The molecule has 1 aromatic rings. The minimum atomic E-state index is 0.388. The number of thioether (sulfide) groups is 1. The van der Waals surface area contributed by atoms with Crippen LogP contribution in [0.3, 0.4) is 0 Å². The molecule has 1 unspecified atom stereocenters. The van der Waals surface area contributed by atoms with Crippen molar-refractivity contribution in [3.63, 3.8) is 0 Å². The first-order valence-electron chi connectivity index (χ1n) is 5.34. The molecule has 15 heavy (non-hydrogen) atoms. The summed E-state index contributed by atoms with van der Waals surface area (Å²) in [5.74, 6) is 2.23. The third kappa shape index (κ3) is 2.84. The quantitative estimate of drug-likeness (QED) is 0.854. The highest BCUT2D eigenvalue weighted by Crippen LogP contribution is 2.37. The highest BCUT2D eigenvalue weighted by Gasteiger charge is 2.29. The van der Waals surface area contributed by atoms with Crippen LogP contribution in [0.15, 0.2) is 12.4 Å². The topological polar surface area (TPSA) is 37.8 Å². The molecule has 1 aliphatic heterocycles. The zero-order valence-electron chi connectivity index (χ0n) is 9.29. The molecular weight excluding hydrogens is 206 g/mol. The molecule has 1 atom stereocenters. The minimum absolute atomic E-state index is 0.388. The Bertz CT molecular complexity index is 334. The van der Waals surface area contributed by atoms with Crippen LogP contribution >= 0.6 is 11.8 Å². The molecule has 1 aromatic heterocycles. The fraction of sp³-hybridized carbons (Fsp3) is 0.636. The molecule has 0 aromatic carbocycles. The molecule has 82 valence electrons. The van der Waals surface area contributed by atoms with E-state index in [1.165, 1.54) is 18.6 Å². The molecule has 0 amide bonds. The van der Waals surface area contributed by atoms with Crippen LogP contribution in [0.5, 0.6) is 0 Å². The van der Waals surface area contributed by atoms with Crippen molar-refractivity contribution in [2.45, 2.75) is 31.4 Å². The van der Waals surface area contributed by atoms with E-state index in [-0.39, 0.29) is 0 Å². The largest absolute Gasteiger partial charge is 0.369 e. The molecule has 1 fully saturated rings. The fourth-order valence-electron chi connectivity index (χ4n) is 1.81. The van der Waals surface area contributed by atoms with E-state index in [9.17, 15) is 0 Å². The van der Waals surface area contributed by atoms with E-state index in [1.807, 2.05) is 13.0 Å². The van der Waals surface area contributed by atoms with Gasteiger partial charge < -0.3 is 5.32 Å². The van der Waals surface area contributed by atoms with Gasteiger partial charge in [-0.1, -0.05) is 0 Å². The summed E-state index contributed by atoms with van der Waals surface area (Å²) < 4.78 is 0.388. The van der Waals surface area contributed by atoms with Crippen molar-refractivity contribution in [2.75, 3.05) is 17.6 Å². The normalized spacial score (nSPS) is 25.5. The van der Waals surface area contributed by atoms with Crippen molar-refractivity contribution >= 4 is 17.6 Å². The first-order valence-corrected chi connectivity index (χ1v) is 6.33. The molecule has 1 aliphatic rings. The third-order valence-electron chi connectivity index (χ3n) is 2.75.